The summed E-state index contributed by atoms with van der Waals surface area (Å²) in [5, 5.41) is 0. The lowest BCUT2D eigenvalue weighted by molar-refractivity contribution is -0.134. The number of ether oxygens (including phenoxy) is 4. The summed E-state index contributed by atoms with van der Waals surface area (Å²) in [5.74, 6) is 2.05. The van der Waals surface area contributed by atoms with Crippen LogP contribution in [0, 0.1) is 5.41 Å². The van der Waals surface area contributed by atoms with Crippen molar-refractivity contribution in [3.63, 3.8) is 0 Å². The van der Waals surface area contributed by atoms with Crippen molar-refractivity contribution < 1.29 is 28.5 Å². The molecule has 6 heteroatoms. The first-order valence-corrected chi connectivity index (χ1v) is 10.9. The quantitative estimate of drug-likeness (QED) is 0.368. The van der Waals surface area contributed by atoms with Crippen LogP contribution in [0.3, 0.4) is 0 Å². The Morgan fingerprint density at radius 1 is 0.667 bits per heavy atom. The van der Waals surface area contributed by atoms with Crippen molar-refractivity contribution in [2.45, 2.75) is 25.7 Å². The predicted octanol–water partition coefficient (Wildman–Crippen LogP) is 5.15. The van der Waals surface area contributed by atoms with E-state index in [0.29, 0.717) is 35.8 Å². The van der Waals surface area contributed by atoms with Crippen molar-refractivity contribution >= 4 is 23.7 Å². The Morgan fingerprint density at radius 3 is 1.42 bits per heavy atom. The van der Waals surface area contributed by atoms with Crippen molar-refractivity contribution in [3.05, 3.63) is 59.7 Å². The lowest BCUT2D eigenvalue weighted by Gasteiger charge is -2.22. The molecular weight excluding hydrogens is 420 g/mol. The zero-order chi connectivity index (χ0) is 23.8. The first-order valence-electron chi connectivity index (χ1n) is 10.9. The number of rotatable bonds is 10. The minimum absolute atomic E-state index is 0.170. The second kappa shape index (κ2) is 10.9. The highest BCUT2D eigenvalue weighted by molar-refractivity contribution is 6.17. The molecule has 0 aromatic heterocycles. The van der Waals surface area contributed by atoms with Crippen LogP contribution < -0.4 is 18.9 Å². The molecule has 0 heterocycles. The maximum atomic E-state index is 13.2. The van der Waals surface area contributed by atoms with E-state index in [9.17, 15) is 9.59 Å². The molecule has 0 spiro atoms. The van der Waals surface area contributed by atoms with E-state index in [4.69, 9.17) is 18.9 Å². The summed E-state index contributed by atoms with van der Waals surface area (Å²) in [7, 11) is 6.27. The molecule has 1 aliphatic carbocycles. The van der Waals surface area contributed by atoms with Crippen LogP contribution in [-0.2, 0) is 9.59 Å². The van der Waals surface area contributed by atoms with Crippen LogP contribution in [0.2, 0.25) is 0 Å². The Hall–Kier alpha value is -3.54. The Morgan fingerprint density at radius 2 is 1.06 bits per heavy atom. The van der Waals surface area contributed by atoms with Crippen molar-refractivity contribution in [3.8, 4) is 23.0 Å². The molecule has 0 atom stereocenters. The molecule has 2 aromatic carbocycles. The molecule has 2 aromatic rings. The van der Waals surface area contributed by atoms with Gasteiger partial charge in [-0.15, -0.1) is 0 Å². The van der Waals surface area contributed by atoms with Gasteiger partial charge in [0, 0.05) is 0 Å². The number of ketones is 2. The van der Waals surface area contributed by atoms with Gasteiger partial charge in [-0.1, -0.05) is 37.1 Å². The first kappa shape index (κ1) is 24.1. The smallest absolute Gasteiger partial charge is 0.169 e. The molecule has 174 valence electrons. The fourth-order valence-electron chi connectivity index (χ4n) is 4.17. The molecule has 33 heavy (non-hydrogen) atoms. The summed E-state index contributed by atoms with van der Waals surface area (Å²) in [4.78, 5) is 26.4. The molecule has 0 N–H and O–H groups in total. The average molecular weight is 451 g/mol. The van der Waals surface area contributed by atoms with E-state index < -0.39 is 5.41 Å². The number of allylic oxidation sites excluding steroid dienone is 2. The van der Waals surface area contributed by atoms with Crippen LogP contribution in [0.25, 0.3) is 12.2 Å². The fraction of sp³-hybridized carbons (Fsp3) is 0.333. The normalized spacial score (nSPS) is 15.0. The van der Waals surface area contributed by atoms with Crippen molar-refractivity contribution in [1.29, 1.82) is 0 Å². The van der Waals surface area contributed by atoms with Crippen molar-refractivity contribution in [2.75, 3.05) is 28.4 Å². The number of benzene rings is 2. The summed E-state index contributed by atoms with van der Waals surface area (Å²) in [5.41, 5.74) is 0.574. The molecule has 1 aliphatic rings. The van der Waals surface area contributed by atoms with Crippen LogP contribution in [-0.4, -0.2) is 40.0 Å². The molecule has 1 saturated carbocycles. The Balaban J connectivity index is 1.80. The van der Waals surface area contributed by atoms with Gasteiger partial charge < -0.3 is 18.9 Å². The molecular formula is C27H30O6. The Labute approximate surface area is 194 Å². The van der Waals surface area contributed by atoms with Crippen molar-refractivity contribution in [2.24, 2.45) is 5.41 Å². The number of methoxy groups -OCH3 is 4. The van der Waals surface area contributed by atoms with Gasteiger partial charge >= 0.3 is 0 Å². The topological polar surface area (TPSA) is 71.1 Å². The SMILES string of the molecule is COc1ccc(/C=C/C(=O)C2(C(=O)/C=C/c3ccc(OC)c(OC)c3)CCCC2)cc1OC. The monoisotopic (exact) mass is 450 g/mol. The van der Waals surface area contributed by atoms with Crippen LogP contribution >= 0.6 is 0 Å². The molecule has 3 rings (SSSR count). The zero-order valence-electron chi connectivity index (χ0n) is 19.6. The van der Waals surface area contributed by atoms with Crippen molar-refractivity contribution in [1.82, 2.24) is 0 Å². The van der Waals surface area contributed by atoms with Crippen LogP contribution in [0.1, 0.15) is 36.8 Å². The molecule has 0 saturated heterocycles. The minimum Gasteiger partial charge on any atom is -0.493 e. The fourth-order valence-corrected chi connectivity index (χ4v) is 4.17. The molecule has 0 amide bonds. The zero-order valence-corrected chi connectivity index (χ0v) is 19.6. The van der Waals surface area contributed by atoms with E-state index in [2.05, 4.69) is 0 Å². The van der Waals surface area contributed by atoms with E-state index in [1.165, 1.54) is 12.2 Å². The molecule has 0 aliphatic heterocycles. The van der Waals surface area contributed by atoms with Gasteiger partial charge in [-0.05, 0) is 60.4 Å². The van der Waals surface area contributed by atoms with Gasteiger partial charge in [0.05, 0.1) is 33.9 Å². The lowest BCUT2D eigenvalue weighted by atomic mass is 9.77. The van der Waals surface area contributed by atoms with E-state index >= 15 is 0 Å². The Bertz CT molecular complexity index is 981. The van der Waals surface area contributed by atoms with Gasteiger partial charge in [0.25, 0.3) is 0 Å². The number of hydrogen-bond donors (Lipinski definition) is 0. The summed E-state index contributed by atoms with van der Waals surface area (Å²) in [6, 6.07) is 10.8. The third-order valence-corrected chi connectivity index (χ3v) is 6.07. The number of carbonyl (C=O) groups excluding carboxylic acids is 2. The van der Waals surface area contributed by atoms with E-state index in [1.807, 2.05) is 12.1 Å². The number of hydrogen-bond acceptors (Lipinski definition) is 6. The molecule has 0 radical (unpaired) electrons. The van der Waals surface area contributed by atoms with E-state index in [1.54, 1.807) is 64.9 Å². The highest BCUT2D eigenvalue weighted by Crippen LogP contribution is 2.41. The summed E-state index contributed by atoms with van der Waals surface area (Å²) < 4.78 is 21.2. The van der Waals surface area contributed by atoms with Gasteiger partial charge in [-0.2, -0.15) is 0 Å². The standard InChI is InChI=1S/C27H30O6/c1-30-21-11-7-19(17-23(21)32-3)9-13-25(28)27(15-5-6-16-27)26(29)14-10-20-8-12-22(31-2)24(18-20)33-4/h7-14,17-18H,5-6,15-16H2,1-4H3/b13-9+,14-10+. The second-order valence-electron chi connectivity index (χ2n) is 7.91. The Kier molecular flexibility index (Phi) is 7.93. The first-order chi connectivity index (χ1) is 16.0. The lowest BCUT2D eigenvalue weighted by Crippen LogP contribution is -2.34. The van der Waals surface area contributed by atoms with Gasteiger partial charge in [-0.25, -0.2) is 0 Å². The average Bonchev–Trinajstić information content (AvgIpc) is 3.36. The van der Waals surface area contributed by atoms with Crippen LogP contribution in [0.5, 0.6) is 23.0 Å². The van der Waals surface area contributed by atoms with Gasteiger partial charge in [0.15, 0.2) is 34.6 Å². The van der Waals surface area contributed by atoms with Gasteiger partial charge in [0.2, 0.25) is 0 Å². The maximum absolute atomic E-state index is 13.2. The van der Waals surface area contributed by atoms with E-state index in [0.717, 1.165) is 24.0 Å². The highest BCUT2D eigenvalue weighted by Gasteiger charge is 2.44. The molecule has 6 nitrogen and oxygen atoms in total. The largest absolute Gasteiger partial charge is 0.493 e. The highest BCUT2D eigenvalue weighted by atomic mass is 16.5. The third kappa shape index (κ3) is 5.28. The minimum atomic E-state index is -1.01. The number of carbonyl (C=O) groups is 2. The molecule has 0 unspecified atom stereocenters. The van der Waals surface area contributed by atoms with Crippen LogP contribution in [0.4, 0.5) is 0 Å². The summed E-state index contributed by atoms with van der Waals surface area (Å²) in [6.07, 6.45) is 9.26. The summed E-state index contributed by atoms with van der Waals surface area (Å²) in [6.45, 7) is 0. The van der Waals surface area contributed by atoms with Gasteiger partial charge in [-0.3, -0.25) is 9.59 Å². The second-order valence-corrected chi connectivity index (χ2v) is 7.91. The third-order valence-electron chi connectivity index (χ3n) is 6.07. The van der Waals surface area contributed by atoms with E-state index in [-0.39, 0.29) is 11.6 Å². The van der Waals surface area contributed by atoms with Gasteiger partial charge in [0.1, 0.15) is 0 Å². The summed E-state index contributed by atoms with van der Waals surface area (Å²) >= 11 is 0. The molecule has 0 bridgehead atoms. The van der Waals surface area contributed by atoms with Crippen LogP contribution in [0.15, 0.2) is 48.6 Å². The molecule has 1 fully saturated rings. The predicted molar refractivity (Wildman–Crippen MR) is 128 cm³/mol. The maximum Gasteiger partial charge on any atom is 0.169 e.